The molecule has 0 aliphatic rings. The molecular weight excluding hydrogens is 327 g/mol. The Balaban J connectivity index is 2.13. The van der Waals surface area contributed by atoms with Gasteiger partial charge in [0, 0.05) is 18.7 Å². The van der Waals surface area contributed by atoms with Crippen LogP contribution in [-0.4, -0.2) is 33.0 Å². The minimum atomic E-state index is -1.09. The maximum absolute atomic E-state index is 13.7. The number of ether oxygens (including phenoxy) is 1. The smallest absolute Gasteiger partial charge is 0.337 e. The highest BCUT2D eigenvalue weighted by Crippen LogP contribution is 2.30. The molecule has 1 unspecified atom stereocenters. The summed E-state index contributed by atoms with van der Waals surface area (Å²) in [4.78, 5) is 15.3. The Labute approximate surface area is 143 Å². The van der Waals surface area contributed by atoms with Gasteiger partial charge < -0.3 is 15.2 Å². The maximum Gasteiger partial charge on any atom is 0.337 e. The monoisotopic (exact) mass is 344 g/mol. The molecule has 3 rings (SSSR count). The number of benzene rings is 1. The number of nitrogens with one attached hydrogen (secondary N) is 1. The van der Waals surface area contributed by atoms with Crippen LogP contribution in [0.5, 0.6) is 0 Å². The number of carboxylic acids is 1. The molecule has 0 amide bonds. The quantitative estimate of drug-likeness (QED) is 0.711. The van der Waals surface area contributed by atoms with E-state index in [9.17, 15) is 14.3 Å². The molecule has 0 saturated carbocycles. The van der Waals surface area contributed by atoms with E-state index in [-0.39, 0.29) is 17.5 Å². The van der Waals surface area contributed by atoms with Gasteiger partial charge in [0.2, 0.25) is 0 Å². The van der Waals surface area contributed by atoms with Crippen LogP contribution < -0.4 is 5.32 Å². The number of rotatable bonds is 6. The van der Waals surface area contributed by atoms with Gasteiger partial charge in [-0.2, -0.15) is 5.10 Å². The molecule has 2 N–H and O–H groups in total. The molecule has 1 aromatic carbocycles. The van der Waals surface area contributed by atoms with Crippen molar-refractivity contribution in [3.63, 3.8) is 0 Å². The van der Waals surface area contributed by atoms with Crippen LogP contribution in [0.25, 0.3) is 10.9 Å². The van der Waals surface area contributed by atoms with Crippen molar-refractivity contribution in [1.29, 1.82) is 0 Å². The lowest BCUT2D eigenvalue weighted by molar-refractivity contribution is 0.0349. The summed E-state index contributed by atoms with van der Waals surface area (Å²) in [5.74, 6) is -1.17. The van der Waals surface area contributed by atoms with Gasteiger partial charge in [-0.25, -0.2) is 13.9 Å². The Morgan fingerprint density at radius 3 is 2.92 bits per heavy atom. The summed E-state index contributed by atoms with van der Waals surface area (Å²) in [6.07, 6.45) is 3.12. The first-order valence-corrected chi connectivity index (χ1v) is 7.70. The highest BCUT2D eigenvalue weighted by molar-refractivity contribution is 5.97. The van der Waals surface area contributed by atoms with Crippen molar-refractivity contribution in [1.82, 2.24) is 14.8 Å². The Kier molecular flexibility index (Phi) is 4.62. The zero-order valence-electron chi connectivity index (χ0n) is 13.7. The van der Waals surface area contributed by atoms with E-state index >= 15 is 0 Å². The predicted molar refractivity (Wildman–Crippen MR) is 90.5 cm³/mol. The highest BCUT2D eigenvalue weighted by atomic mass is 19.1. The van der Waals surface area contributed by atoms with Crippen molar-refractivity contribution in [2.75, 3.05) is 12.4 Å². The Hall–Kier alpha value is -3.00. The van der Waals surface area contributed by atoms with E-state index < -0.39 is 11.8 Å². The van der Waals surface area contributed by atoms with Gasteiger partial charge in [-0.15, -0.1) is 0 Å². The van der Waals surface area contributed by atoms with E-state index in [0.29, 0.717) is 23.1 Å². The zero-order valence-corrected chi connectivity index (χ0v) is 13.7. The number of anilines is 2. The fraction of sp³-hybridized carbons (Fsp3) is 0.235. The van der Waals surface area contributed by atoms with Crippen LogP contribution in [0.4, 0.5) is 15.9 Å². The second-order valence-electron chi connectivity index (χ2n) is 5.40. The van der Waals surface area contributed by atoms with Gasteiger partial charge in [0.1, 0.15) is 12.0 Å². The summed E-state index contributed by atoms with van der Waals surface area (Å²) in [6.45, 7) is 1.95. The number of pyridine rings is 1. The maximum atomic E-state index is 13.7. The molecule has 0 aliphatic heterocycles. The summed E-state index contributed by atoms with van der Waals surface area (Å²) < 4.78 is 20.8. The first-order valence-electron chi connectivity index (χ1n) is 7.70. The van der Waals surface area contributed by atoms with Gasteiger partial charge in [0.15, 0.2) is 5.82 Å². The summed E-state index contributed by atoms with van der Waals surface area (Å²) in [5, 5.41) is 17.2. The van der Waals surface area contributed by atoms with Gasteiger partial charge >= 0.3 is 5.97 Å². The van der Waals surface area contributed by atoms with Gasteiger partial charge in [-0.3, -0.25) is 4.98 Å². The third-order valence-corrected chi connectivity index (χ3v) is 3.87. The van der Waals surface area contributed by atoms with Gasteiger partial charge in [-0.05, 0) is 30.7 Å². The third kappa shape index (κ3) is 3.16. The Bertz CT molecular complexity index is 921. The van der Waals surface area contributed by atoms with E-state index in [1.54, 1.807) is 17.9 Å². The zero-order chi connectivity index (χ0) is 18.0. The number of hydrogen-bond donors (Lipinski definition) is 2. The number of hydrogen-bond acceptors (Lipinski definition) is 5. The largest absolute Gasteiger partial charge is 0.478 e. The SMILES string of the molecule is CCC(OC)n1nc(Nc2cnccc2C(=O)O)c2cc(F)ccc21. The molecule has 1 atom stereocenters. The number of aromatic carboxylic acids is 1. The molecule has 3 aromatic rings. The number of fused-ring (bicyclic) bond motifs is 1. The average molecular weight is 344 g/mol. The van der Waals surface area contributed by atoms with Crippen molar-refractivity contribution < 1.29 is 19.0 Å². The van der Waals surface area contributed by atoms with Gasteiger partial charge in [0.25, 0.3) is 0 Å². The lowest BCUT2D eigenvalue weighted by atomic mass is 10.2. The summed E-state index contributed by atoms with van der Waals surface area (Å²) in [6, 6.07) is 5.69. The summed E-state index contributed by atoms with van der Waals surface area (Å²) in [5.41, 5.74) is 1.00. The van der Waals surface area contributed by atoms with Gasteiger partial charge in [0.05, 0.1) is 23.0 Å². The van der Waals surface area contributed by atoms with E-state index in [1.807, 2.05) is 6.92 Å². The number of methoxy groups -OCH3 is 1. The minimum absolute atomic E-state index is 0.0490. The molecule has 0 fully saturated rings. The third-order valence-electron chi connectivity index (χ3n) is 3.87. The standard InChI is InChI=1S/C17H17FN4O3/c1-3-15(25-2)22-14-5-4-10(18)8-12(14)16(21-22)20-13-9-19-7-6-11(13)17(23)24/h4-9,15H,3H2,1-2H3,(H,20,21)(H,23,24). The van der Waals surface area contributed by atoms with E-state index in [0.717, 1.165) is 0 Å². The fourth-order valence-electron chi connectivity index (χ4n) is 2.67. The first-order chi connectivity index (χ1) is 12.0. The van der Waals surface area contributed by atoms with Crippen LogP contribution in [0.3, 0.4) is 0 Å². The molecule has 0 bridgehead atoms. The molecule has 0 radical (unpaired) electrons. The summed E-state index contributed by atoms with van der Waals surface area (Å²) >= 11 is 0. The van der Waals surface area contributed by atoms with Crippen LogP contribution >= 0.6 is 0 Å². The second-order valence-corrected chi connectivity index (χ2v) is 5.40. The molecule has 8 heteroatoms. The van der Waals surface area contributed by atoms with E-state index in [4.69, 9.17) is 4.74 Å². The number of carboxylic acid groups (broad SMARTS) is 1. The topological polar surface area (TPSA) is 89.3 Å². The van der Waals surface area contributed by atoms with E-state index in [2.05, 4.69) is 15.4 Å². The Morgan fingerprint density at radius 2 is 2.24 bits per heavy atom. The molecule has 130 valence electrons. The molecule has 0 saturated heterocycles. The van der Waals surface area contributed by atoms with Crippen LogP contribution in [-0.2, 0) is 4.74 Å². The van der Waals surface area contributed by atoms with E-state index in [1.165, 1.54) is 30.6 Å². The van der Waals surface area contributed by atoms with Crippen molar-refractivity contribution in [3.8, 4) is 0 Å². The molecule has 0 spiro atoms. The molecule has 25 heavy (non-hydrogen) atoms. The molecule has 2 heterocycles. The number of aromatic nitrogens is 3. The molecule has 2 aromatic heterocycles. The second kappa shape index (κ2) is 6.86. The number of carbonyl (C=O) groups is 1. The van der Waals surface area contributed by atoms with Crippen LogP contribution in [0.2, 0.25) is 0 Å². The average Bonchev–Trinajstić information content (AvgIpc) is 2.94. The van der Waals surface area contributed by atoms with Crippen molar-refractivity contribution in [2.45, 2.75) is 19.6 Å². The molecular formula is C17H17FN4O3. The van der Waals surface area contributed by atoms with Crippen LogP contribution in [0.15, 0.2) is 36.7 Å². The minimum Gasteiger partial charge on any atom is -0.478 e. The van der Waals surface area contributed by atoms with Crippen molar-refractivity contribution >= 4 is 28.4 Å². The number of nitrogens with zero attached hydrogens (tertiary/aromatic N) is 3. The fourth-order valence-corrected chi connectivity index (χ4v) is 2.67. The first kappa shape index (κ1) is 16.8. The lowest BCUT2D eigenvalue weighted by Gasteiger charge is -2.14. The normalized spacial score (nSPS) is 12.3. The summed E-state index contributed by atoms with van der Waals surface area (Å²) in [7, 11) is 1.57. The Morgan fingerprint density at radius 1 is 1.44 bits per heavy atom. The van der Waals surface area contributed by atoms with Crippen LogP contribution in [0.1, 0.15) is 29.9 Å². The van der Waals surface area contributed by atoms with Crippen LogP contribution in [0, 0.1) is 5.82 Å². The highest BCUT2D eigenvalue weighted by Gasteiger charge is 2.19. The lowest BCUT2D eigenvalue weighted by Crippen LogP contribution is -2.12. The number of halogens is 1. The molecule has 0 aliphatic carbocycles. The van der Waals surface area contributed by atoms with Crippen molar-refractivity contribution in [3.05, 3.63) is 48.0 Å². The van der Waals surface area contributed by atoms with Crippen molar-refractivity contribution in [2.24, 2.45) is 0 Å². The van der Waals surface area contributed by atoms with Gasteiger partial charge in [-0.1, -0.05) is 6.92 Å². The predicted octanol–water partition coefficient (Wildman–Crippen LogP) is 3.57. The molecule has 7 nitrogen and oxygen atoms in total.